The van der Waals surface area contributed by atoms with Crippen molar-refractivity contribution in [2.45, 2.75) is 25.9 Å². The van der Waals surface area contributed by atoms with E-state index in [2.05, 4.69) is 10.4 Å². The van der Waals surface area contributed by atoms with Gasteiger partial charge in [-0.15, -0.1) is 0 Å². The third-order valence-corrected chi connectivity index (χ3v) is 5.93. The highest BCUT2D eigenvalue weighted by Gasteiger charge is 2.31. The van der Waals surface area contributed by atoms with E-state index in [0.717, 1.165) is 17.7 Å². The first kappa shape index (κ1) is 19.8. The van der Waals surface area contributed by atoms with E-state index in [9.17, 15) is 4.79 Å². The van der Waals surface area contributed by atoms with E-state index in [1.165, 1.54) is 0 Å². The van der Waals surface area contributed by atoms with Crippen molar-refractivity contribution in [1.29, 1.82) is 0 Å². The van der Waals surface area contributed by atoms with Gasteiger partial charge < -0.3 is 10.2 Å². The van der Waals surface area contributed by atoms with Crippen LogP contribution in [0.2, 0.25) is 10.2 Å². The maximum absolute atomic E-state index is 13.2. The molecule has 2 heterocycles. The zero-order valence-electron chi connectivity index (χ0n) is 16.1. The van der Waals surface area contributed by atoms with Crippen LogP contribution in [0.3, 0.4) is 0 Å². The molecule has 7 heteroatoms. The monoisotopic (exact) mass is 428 g/mol. The largest absolute Gasteiger partial charge is 0.380 e. The second-order valence-corrected chi connectivity index (χ2v) is 8.01. The molecule has 1 fully saturated rings. The molecule has 3 aromatic rings. The molecule has 1 aromatic heterocycles. The number of nitrogens with zero attached hydrogens (tertiary/aromatic N) is 3. The van der Waals surface area contributed by atoms with Crippen LogP contribution in [0.5, 0.6) is 0 Å². The fourth-order valence-electron chi connectivity index (χ4n) is 3.68. The van der Waals surface area contributed by atoms with E-state index < -0.39 is 0 Å². The molecule has 0 radical (unpaired) electrons. The summed E-state index contributed by atoms with van der Waals surface area (Å²) in [6, 6.07) is 17.8. The number of hydrogen-bond acceptors (Lipinski definition) is 3. The second kappa shape index (κ2) is 8.47. The van der Waals surface area contributed by atoms with Gasteiger partial charge in [0.15, 0.2) is 0 Å². The summed E-state index contributed by atoms with van der Waals surface area (Å²) in [4.78, 5) is 15.0. The standard InChI is InChI=1S/C22H22Cl2N4O/c1-15-20(21(24)28(26-15)13-16-7-5-6-10-19(16)23)22(29)27-12-11-18(14-27)25-17-8-3-2-4-9-17/h2-10,18,25H,11-14H2,1H3. The summed E-state index contributed by atoms with van der Waals surface area (Å²) >= 11 is 12.8. The van der Waals surface area contributed by atoms with E-state index >= 15 is 0 Å². The van der Waals surface area contributed by atoms with Gasteiger partial charge in [-0.1, -0.05) is 59.6 Å². The van der Waals surface area contributed by atoms with Crippen LogP contribution in [0.25, 0.3) is 0 Å². The first-order valence-corrected chi connectivity index (χ1v) is 10.4. The first-order valence-electron chi connectivity index (χ1n) is 9.60. The van der Waals surface area contributed by atoms with Crippen molar-refractivity contribution in [3.63, 3.8) is 0 Å². The van der Waals surface area contributed by atoms with Crippen LogP contribution in [0.15, 0.2) is 54.6 Å². The molecule has 1 N–H and O–H groups in total. The lowest BCUT2D eigenvalue weighted by atomic mass is 10.2. The number of carbonyl (C=O) groups excluding carboxylic acids is 1. The van der Waals surface area contributed by atoms with E-state index in [4.69, 9.17) is 23.2 Å². The van der Waals surface area contributed by atoms with Crippen molar-refractivity contribution < 1.29 is 4.79 Å². The molecule has 1 unspecified atom stereocenters. The molecule has 0 spiro atoms. The van der Waals surface area contributed by atoms with Crippen LogP contribution in [-0.2, 0) is 6.54 Å². The SMILES string of the molecule is Cc1nn(Cc2ccccc2Cl)c(Cl)c1C(=O)N1CCC(Nc2ccccc2)C1. The predicted octanol–water partition coefficient (Wildman–Crippen LogP) is 4.87. The van der Waals surface area contributed by atoms with Gasteiger partial charge in [-0.2, -0.15) is 5.10 Å². The van der Waals surface area contributed by atoms with E-state index in [1.807, 2.05) is 66.4 Å². The molecule has 4 rings (SSSR count). The fourth-order valence-corrected chi connectivity index (χ4v) is 4.19. The maximum Gasteiger partial charge on any atom is 0.258 e. The fraction of sp³-hybridized carbons (Fsp3) is 0.273. The molecule has 0 saturated carbocycles. The van der Waals surface area contributed by atoms with Gasteiger partial charge in [0.2, 0.25) is 0 Å². The molecule has 150 valence electrons. The Kier molecular flexibility index (Phi) is 5.79. The molecule has 1 saturated heterocycles. The molecule has 1 amide bonds. The van der Waals surface area contributed by atoms with Crippen molar-refractivity contribution in [3.05, 3.63) is 81.6 Å². The second-order valence-electron chi connectivity index (χ2n) is 7.25. The molecule has 5 nitrogen and oxygen atoms in total. The van der Waals surface area contributed by atoms with Gasteiger partial charge in [-0.25, -0.2) is 4.68 Å². The molecule has 0 bridgehead atoms. The number of para-hydroxylation sites is 1. The van der Waals surface area contributed by atoms with E-state index in [0.29, 0.717) is 41.1 Å². The topological polar surface area (TPSA) is 50.2 Å². The number of hydrogen-bond donors (Lipinski definition) is 1. The molecule has 0 aliphatic carbocycles. The third-order valence-electron chi connectivity index (χ3n) is 5.18. The zero-order valence-corrected chi connectivity index (χ0v) is 17.6. The number of benzene rings is 2. The van der Waals surface area contributed by atoms with Gasteiger partial charge in [0.1, 0.15) is 5.15 Å². The Labute approximate surface area is 180 Å². The van der Waals surface area contributed by atoms with Gasteiger partial charge in [-0.3, -0.25) is 4.79 Å². The van der Waals surface area contributed by atoms with Crippen LogP contribution in [-0.4, -0.2) is 39.7 Å². The number of carbonyl (C=O) groups is 1. The smallest absolute Gasteiger partial charge is 0.258 e. The zero-order chi connectivity index (χ0) is 20.4. The molecule has 29 heavy (non-hydrogen) atoms. The number of aryl methyl sites for hydroxylation is 1. The Morgan fingerprint density at radius 2 is 1.86 bits per heavy atom. The Bertz CT molecular complexity index is 1020. The van der Waals surface area contributed by atoms with Gasteiger partial charge in [-0.05, 0) is 37.1 Å². The van der Waals surface area contributed by atoms with Crippen molar-refractivity contribution in [2.75, 3.05) is 18.4 Å². The molecular weight excluding hydrogens is 407 g/mol. The highest BCUT2D eigenvalue weighted by molar-refractivity contribution is 6.33. The lowest BCUT2D eigenvalue weighted by Gasteiger charge is -2.18. The van der Waals surface area contributed by atoms with Crippen molar-refractivity contribution >= 4 is 34.8 Å². The van der Waals surface area contributed by atoms with Gasteiger partial charge in [0, 0.05) is 29.8 Å². The van der Waals surface area contributed by atoms with Crippen molar-refractivity contribution in [1.82, 2.24) is 14.7 Å². The number of amides is 1. The first-order chi connectivity index (χ1) is 14.0. The minimum Gasteiger partial charge on any atom is -0.380 e. The molecule has 1 aliphatic heterocycles. The Morgan fingerprint density at radius 1 is 1.14 bits per heavy atom. The minimum absolute atomic E-state index is 0.0738. The number of aromatic nitrogens is 2. The van der Waals surface area contributed by atoms with Crippen LogP contribution < -0.4 is 5.32 Å². The van der Waals surface area contributed by atoms with Crippen molar-refractivity contribution in [3.8, 4) is 0 Å². The Balaban J connectivity index is 1.48. The summed E-state index contributed by atoms with van der Waals surface area (Å²) in [5.41, 5.74) is 3.07. The normalized spacial score (nSPS) is 16.2. The quantitative estimate of drug-likeness (QED) is 0.630. The number of halogens is 2. The number of anilines is 1. The van der Waals surface area contributed by atoms with Crippen LogP contribution in [0, 0.1) is 6.92 Å². The van der Waals surface area contributed by atoms with Crippen LogP contribution in [0.4, 0.5) is 5.69 Å². The summed E-state index contributed by atoms with van der Waals surface area (Å²) in [5.74, 6) is -0.0738. The molecule has 1 aliphatic rings. The van der Waals surface area contributed by atoms with E-state index in [1.54, 1.807) is 4.68 Å². The van der Waals surface area contributed by atoms with Gasteiger partial charge >= 0.3 is 0 Å². The predicted molar refractivity (Wildman–Crippen MR) is 117 cm³/mol. The lowest BCUT2D eigenvalue weighted by Crippen LogP contribution is -2.32. The minimum atomic E-state index is -0.0738. The number of likely N-dealkylation sites (tertiary alicyclic amines) is 1. The number of rotatable bonds is 5. The van der Waals surface area contributed by atoms with Crippen LogP contribution in [0.1, 0.15) is 28.0 Å². The summed E-state index contributed by atoms with van der Waals surface area (Å²) in [6.07, 6.45) is 0.894. The Morgan fingerprint density at radius 3 is 2.62 bits per heavy atom. The Hall–Kier alpha value is -2.50. The average Bonchev–Trinajstić information content (AvgIpc) is 3.28. The third kappa shape index (κ3) is 4.26. The summed E-state index contributed by atoms with van der Waals surface area (Å²) < 4.78 is 1.64. The molecular formula is C22H22Cl2N4O. The van der Waals surface area contributed by atoms with Gasteiger partial charge in [0.05, 0.1) is 17.8 Å². The summed E-state index contributed by atoms with van der Waals surface area (Å²) in [6.45, 7) is 3.57. The van der Waals surface area contributed by atoms with E-state index in [-0.39, 0.29) is 11.9 Å². The maximum atomic E-state index is 13.2. The molecule has 1 atom stereocenters. The van der Waals surface area contributed by atoms with Crippen molar-refractivity contribution in [2.24, 2.45) is 0 Å². The van der Waals surface area contributed by atoms with Crippen LogP contribution >= 0.6 is 23.2 Å². The van der Waals surface area contributed by atoms with Gasteiger partial charge in [0.25, 0.3) is 5.91 Å². The molecule has 2 aromatic carbocycles. The highest BCUT2D eigenvalue weighted by Crippen LogP contribution is 2.26. The number of nitrogens with one attached hydrogen (secondary N) is 1. The average molecular weight is 429 g/mol. The highest BCUT2D eigenvalue weighted by atomic mass is 35.5. The summed E-state index contributed by atoms with van der Waals surface area (Å²) in [7, 11) is 0. The summed E-state index contributed by atoms with van der Waals surface area (Å²) in [5, 5.41) is 8.98. The lowest BCUT2D eigenvalue weighted by molar-refractivity contribution is 0.0791.